The first-order valence-corrected chi connectivity index (χ1v) is 6.49. The van der Waals surface area contributed by atoms with E-state index < -0.39 is 0 Å². The minimum atomic E-state index is 0.716. The molecule has 0 amide bonds. The maximum atomic E-state index is 5.75. The van der Waals surface area contributed by atoms with E-state index in [1.807, 2.05) is 18.2 Å². The van der Waals surface area contributed by atoms with Gasteiger partial charge in [0.1, 0.15) is 5.52 Å². The lowest BCUT2D eigenvalue weighted by Gasteiger charge is -2.11. The minimum Gasteiger partial charge on any atom is -0.439 e. The number of oxazole rings is 1. The van der Waals surface area contributed by atoms with Gasteiger partial charge in [-0.15, -0.1) is 0 Å². The first-order valence-electron chi connectivity index (χ1n) is 6.49. The molecule has 4 nitrogen and oxygen atoms in total. The lowest BCUT2D eigenvalue weighted by atomic mass is 10.0. The van der Waals surface area contributed by atoms with Crippen molar-refractivity contribution in [2.24, 2.45) is 11.8 Å². The number of aromatic nitrogens is 1. The van der Waals surface area contributed by atoms with Crippen LogP contribution in [-0.2, 0) is 6.54 Å². The summed E-state index contributed by atoms with van der Waals surface area (Å²) in [6.45, 7) is 7.65. The molecule has 0 radical (unpaired) electrons. The number of rotatable bonds is 2. The summed E-state index contributed by atoms with van der Waals surface area (Å²) in [7, 11) is 0. The second kappa shape index (κ2) is 4.28. The van der Waals surface area contributed by atoms with Crippen LogP contribution in [0.4, 0.5) is 5.69 Å². The van der Waals surface area contributed by atoms with Crippen molar-refractivity contribution < 1.29 is 4.42 Å². The van der Waals surface area contributed by atoms with Crippen LogP contribution in [0.15, 0.2) is 22.6 Å². The molecule has 3 rings (SSSR count). The molecule has 1 aliphatic heterocycles. The van der Waals surface area contributed by atoms with Crippen LogP contribution < -0.4 is 5.73 Å². The monoisotopic (exact) mass is 245 g/mol. The molecule has 0 bridgehead atoms. The van der Waals surface area contributed by atoms with Gasteiger partial charge in [0.05, 0.1) is 6.54 Å². The SMILES string of the molecule is CC1CN(Cc2nc3ccc(N)cc3o2)CC1C. The van der Waals surface area contributed by atoms with Crippen molar-refractivity contribution in [1.29, 1.82) is 0 Å². The molecule has 1 aliphatic rings. The maximum Gasteiger partial charge on any atom is 0.209 e. The van der Waals surface area contributed by atoms with Crippen molar-refractivity contribution >= 4 is 16.8 Å². The Bertz CT molecular complexity index is 553. The molecule has 1 aromatic heterocycles. The third-order valence-electron chi connectivity index (χ3n) is 3.88. The van der Waals surface area contributed by atoms with Gasteiger partial charge in [0.15, 0.2) is 5.58 Å². The molecule has 4 heteroatoms. The number of benzene rings is 1. The van der Waals surface area contributed by atoms with Gasteiger partial charge < -0.3 is 10.2 Å². The summed E-state index contributed by atoms with van der Waals surface area (Å²) >= 11 is 0. The van der Waals surface area contributed by atoms with Crippen LogP contribution in [0.2, 0.25) is 0 Å². The van der Waals surface area contributed by atoms with E-state index in [2.05, 4.69) is 23.7 Å². The molecule has 0 saturated carbocycles. The topological polar surface area (TPSA) is 55.3 Å². The van der Waals surface area contributed by atoms with Crippen molar-refractivity contribution in [3.8, 4) is 0 Å². The maximum absolute atomic E-state index is 5.75. The number of hydrogen-bond donors (Lipinski definition) is 1. The van der Waals surface area contributed by atoms with Crippen molar-refractivity contribution in [2.45, 2.75) is 20.4 Å². The first kappa shape index (κ1) is 11.5. The van der Waals surface area contributed by atoms with Gasteiger partial charge >= 0.3 is 0 Å². The lowest BCUT2D eigenvalue weighted by Crippen LogP contribution is -2.20. The molecule has 1 fully saturated rings. The largest absolute Gasteiger partial charge is 0.439 e. The zero-order valence-electron chi connectivity index (χ0n) is 10.9. The Balaban J connectivity index is 1.79. The highest BCUT2D eigenvalue weighted by Crippen LogP contribution is 2.25. The van der Waals surface area contributed by atoms with E-state index in [0.29, 0.717) is 5.69 Å². The normalized spacial score (nSPS) is 25.0. The molecule has 2 heterocycles. The molecule has 96 valence electrons. The van der Waals surface area contributed by atoms with Crippen molar-refractivity contribution in [3.63, 3.8) is 0 Å². The highest BCUT2D eigenvalue weighted by molar-refractivity contribution is 5.76. The number of nitrogens with zero attached hydrogens (tertiary/aromatic N) is 2. The van der Waals surface area contributed by atoms with E-state index in [4.69, 9.17) is 10.2 Å². The van der Waals surface area contributed by atoms with Gasteiger partial charge in [-0.2, -0.15) is 0 Å². The number of hydrogen-bond acceptors (Lipinski definition) is 4. The summed E-state index contributed by atoms with van der Waals surface area (Å²) in [5.74, 6) is 2.30. The molecule has 0 spiro atoms. The van der Waals surface area contributed by atoms with Crippen LogP contribution in [0.5, 0.6) is 0 Å². The Morgan fingerprint density at radius 1 is 1.33 bits per heavy atom. The summed E-state index contributed by atoms with van der Waals surface area (Å²) in [6.07, 6.45) is 0. The van der Waals surface area contributed by atoms with Crippen LogP contribution >= 0.6 is 0 Å². The fourth-order valence-electron chi connectivity index (χ4n) is 2.63. The Hall–Kier alpha value is -1.55. The number of anilines is 1. The summed E-state index contributed by atoms with van der Waals surface area (Å²) in [5, 5.41) is 0. The lowest BCUT2D eigenvalue weighted by molar-refractivity contribution is 0.283. The van der Waals surface area contributed by atoms with Crippen molar-refractivity contribution in [1.82, 2.24) is 9.88 Å². The van der Waals surface area contributed by atoms with Crippen LogP contribution in [0, 0.1) is 11.8 Å². The van der Waals surface area contributed by atoms with Crippen LogP contribution in [-0.4, -0.2) is 23.0 Å². The van der Waals surface area contributed by atoms with Gasteiger partial charge in [-0.3, -0.25) is 4.90 Å². The van der Waals surface area contributed by atoms with Crippen LogP contribution in [0.3, 0.4) is 0 Å². The molecule has 2 aromatic rings. The molecule has 0 aliphatic carbocycles. The summed E-state index contributed by atoms with van der Waals surface area (Å²) in [5.41, 5.74) is 8.12. The van der Waals surface area contributed by atoms with E-state index in [1.54, 1.807) is 0 Å². The third-order valence-corrected chi connectivity index (χ3v) is 3.88. The number of nitrogen functional groups attached to an aromatic ring is 1. The highest BCUT2D eigenvalue weighted by Gasteiger charge is 2.26. The molecular weight excluding hydrogens is 226 g/mol. The van der Waals surface area contributed by atoms with Gasteiger partial charge in [-0.25, -0.2) is 4.98 Å². The summed E-state index contributed by atoms with van der Waals surface area (Å²) in [4.78, 5) is 6.91. The number of fused-ring (bicyclic) bond motifs is 1. The van der Waals surface area contributed by atoms with Gasteiger partial charge in [-0.05, 0) is 24.0 Å². The molecule has 2 atom stereocenters. The Labute approximate surface area is 107 Å². The third kappa shape index (κ3) is 2.08. The number of nitrogens with two attached hydrogens (primary N) is 1. The van der Waals surface area contributed by atoms with Crippen molar-refractivity contribution in [3.05, 3.63) is 24.1 Å². The highest BCUT2D eigenvalue weighted by atomic mass is 16.3. The molecule has 18 heavy (non-hydrogen) atoms. The molecule has 2 unspecified atom stereocenters. The molecule has 1 aromatic carbocycles. The average molecular weight is 245 g/mol. The zero-order chi connectivity index (χ0) is 12.7. The van der Waals surface area contributed by atoms with Crippen LogP contribution in [0.25, 0.3) is 11.1 Å². The van der Waals surface area contributed by atoms with Gasteiger partial charge in [0.2, 0.25) is 5.89 Å². The molecule has 1 saturated heterocycles. The Kier molecular flexibility index (Phi) is 2.74. The Morgan fingerprint density at radius 3 is 2.78 bits per heavy atom. The van der Waals surface area contributed by atoms with E-state index >= 15 is 0 Å². The fourth-order valence-corrected chi connectivity index (χ4v) is 2.63. The fraction of sp³-hybridized carbons (Fsp3) is 0.500. The van der Waals surface area contributed by atoms with Crippen molar-refractivity contribution in [2.75, 3.05) is 18.8 Å². The van der Waals surface area contributed by atoms with E-state index in [9.17, 15) is 0 Å². The smallest absolute Gasteiger partial charge is 0.209 e. The quantitative estimate of drug-likeness (QED) is 0.826. The second-order valence-electron chi connectivity index (χ2n) is 5.48. The number of likely N-dealkylation sites (tertiary alicyclic amines) is 1. The van der Waals surface area contributed by atoms with Gasteiger partial charge in [0.25, 0.3) is 0 Å². The first-order chi connectivity index (χ1) is 8.61. The summed E-state index contributed by atoms with van der Waals surface area (Å²) in [6, 6.07) is 5.60. The van der Waals surface area contributed by atoms with Gasteiger partial charge in [-0.1, -0.05) is 13.8 Å². The van der Waals surface area contributed by atoms with Crippen LogP contribution in [0.1, 0.15) is 19.7 Å². The van der Waals surface area contributed by atoms with E-state index in [-0.39, 0.29) is 0 Å². The van der Waals surface area contributed by atoms with E-state index in [1.165, 1.54) is 0 Å². The minimum absolute atomic E-state index is 0.716. The molecular formula is C14H19N3O. The standard InChI is InChI=1S/C14H19N3O/c1-9-6-17(7-10(9)2)8-14-16-12-4-3-11(15)5-13(12)18-14/h3-5,9-10H,6-8,15H2,1-2H3. The zero-order valence-corrected chi connectivity index (χ0v) is 10.9. The predicted octanol–water partition coefficient (Wildman–Crippen LogP) is 2.50. The average Bonchev–Trinajstić information content (AvgIpc) is 2.82. The second-order valence-corrected chi connectivity index (χ2v) is 5.48. The molecule has 2 N–H and O–H groups in total. The summed E-state index contributed by atoms with van der Waals surface area (Å²) < 4.78 is 5.75. The Morgan fingerprint density at radius 2 is 2.06 bits per heavy atom. The van der Waals surface area contributed by atoms with Gasteiger partial charge in [0, 0.05) is 24.8 Å². The van der Waals surface area contributed by atoms with E-state index in [0.717, 1.165) is 48.5 Å². The predicted molar refractivity (Wildman–Crippen MR) is 72.0 cm³/mol.